The summed E-state index contributed by atoms with van der Waals surface area (Å²) in [7, 11) is 1.28. The summed E-state index contributed by atoms with van der Waals surface area (Å²) in [6.07, 6.45) is 2.72. The quantitative estimate of drug-likeness (QED) is 0.758. The van der Waals surface area contributed by atoms with Crippen LogP contribution in [-0.2, 0) is 25.5 Å². The van der Waals surface area contributed by atoms with E-state index >= 15 is 0 Å². The molecule has 2 aromatic heterocycles. The molecule has 0 aliphatic heterocycles. The highest BCUT2D eigenvalue weighted by Gasteiger charge is 2.14. The van der Waals surface area contributed by atoms with Gasteiger partial charge in [-0.15, -0.1) is 11.3 Å². The van der Waals surface area contributed by atoms with Crippen LogP contribution >= 0.6 is 11.3 Å². The number of thiazole rings is 1. The highest BCUT2D eigenvalue weighted by Crippen LogP contribution is 2.16. The van der Waals surface area contributed by atoms with Gasteiger partial charge in [0.1, 0.15) is 0 Å². The Morgan fingerprint density at radius 2 is 2.04 bits per heavy atom. The lowest BCUT2D eigenvalue weighted by Crippen LogP contribution is -2.21. The number of anilines is 1. The third-order valence-electron chi connectivity index (χ3n) is 2.68. The molecule has 24 heavy (non-hydrogen) atoms. The number of rotatable bonds is 6. The summed E-state index contributed by atoms with van der Waals surface area (Å²) < 4.78 is 9.37. The second kappa shape index (κ2) is 8.11. The van der Waals surface area contributed by atoms with Crippen molar-refractivity contribution in [2.45, 2.75) is 13.3 Å². The van der Waals surface area contributed by atoms with Crippen LogP contribution < -0.4 is 5.32 Å². The van der Waals surface area contributed by atoms with Gasteiger partial charge in [-0.25, -0.2) is 14.8 Å². The smallest absolute Gasteiger partial charge is 0.359 e. The molecule has 0 fully saturated rings. The molecule has 0 saturated heterocycles. The largest absolute Gasteiger partial charge is 0.469 e. The average molecular weight is 350 g/mol. The maximum absolute atomic E-state index is 11.7. The van der Waals surface area contributed by atoms with Crippen molar-refractivity contribution in [3.63, 3.8) is 0 Å². The zero-order chi connectivity index (χ0) is 17.5. The number of carbonyl (C=O) groups is 3. The van der Waals surface area contributed by atoms with Crippen LogP contribution in [0.3, 0.4) is 0 Å². The summed E-state index contributed by atoms with van der Waals surface area (Å²) in [5.41, 5.74) is 1.16. The van der Waals surface area contributed by atoms with Crippen molar-refractivity contribution in [3.05, 3.63) is 34.9 Å². The Morgan fingerprint density at radius 3 is 2.71 bits per heavy atom. The summed E-state index contributed by atoms with van der Waals surface area (Å²) in [6, 6.07) is 0. The van der Waals surface area contributed by atoms with Crippen LogP contribution in [0.25, 0.3) is 0 Å². The van der Waals surface area contributed by atoms with Gasteiger partial charge in [-0.05, 0) is 6.92 Å². The SMILES string of the molecule is COC(=O)Cc1csc(NC(=O)COC(=O)c2cnc(C)cn2)n1. The van der Waals surface area contributed by atoms with Crippen molar-refractivity contribution in [1.29, 1.82) is 0 Å². The van der Waals surface area contributed by atoms with Crippen molar-refractivity contribution in [1.82, 2.24) is 15.0 Å². The number of aromatic nitrogens is 3. The highest BCUT2D eigenvalue weighted by atomic mass is 32.1. The third kappa shape index (κ3) is 5.09. The highest BCUT2D eigenvalue weighted by molar-refractivity contribution is 7.13. The molecule has 0 aromatic carbocycles. The molecular formula is C14H14N4O5S. The van der Waals surface area contributed by atoms with E-state index in [2.05, 4.69) is 25.0 Å². The standard InChI is InChI=1S/C14H14N4O5S/c1-8-4-16-10(5-15-8)13(21)23-6-11(19)18-14-17-9(7-24-14)3-12(20)22-2/h4-5,7H,3,6H2,1-2H3,(H,17,18,19). The van der Waals surface area contributed by atoms with E-state index in [0.717, 1.165) is 11.3 Å². The van der Waals surface area contributed by atoms with Crippen LogP contribution in [0.5, 0.6) is 0 Å². The molecule has 126 valence electrons. The van der Waals surface area contributed by atoms with Gasteiger partial charge < -0.3 is 9.47 Å². The van der Waals surface area contributed by atoms with Gasteiger partial charge in [0.05, 0.1) is 31.1 Å². The number of ether oxygens (including phenoxy) is 2. The second-order valence-electron chi connectivity index (χ2n) is 4.56. The van der Waals surface area contributed by atoms with Crippen molar-refractivity contribution < 1.29 is 23.9 Å². The number of esters is 2. The molecule has 0 aliphatic carbocycles. The fourth-order valence-corrected chi connectivity index (χ4v) is 2.25. The first-order valence-electron chi connectivity index (χ1n) is 6.74. The molecule has 0 radical (unpaired) electrons. The minimum absolute atomic E-state index is 0.0167. The van der Waals surface area contributed by atoms with E-state index in [-0.39, 0.29) is 12.1 Å². The number of nitrogens with one attached hydrogen (secondary N) is 1. The Balaban J connectivity index is 1.82. The van der Waals surface area contributed by atoms with E-state index in [1.54, 1.807) is 12.3 Å². The Morgan fingerprint density at radius 1 is 1.25 bits per heavy atom. The number of amides is 1. The number of carbonyl (C=O) groups excluding carboxylic acids is 3. The van der Waals surface area contributed by atoms with Gasteiger partial charge in [-0.1, -0.05) is 0 Å². The first kappa shape index (κ1) is 17.5. The summed E-state index contributed by atoms with van der Waals surface area (Å²) in [5, 5.41) is 4.39. The molecule has 0 saturated carbocycles. The van der Waals surface area contributed by atoms with Crippen LogP contribution in [0.2, 0.25) is 0 Å². The second-order valence-corrected chi connectivity index (χ2v) is 5.42. The van der Waals surface area contributed by atoms with Gasteiger partial charge in [0.15, 0.2) is 17.4 Å². The van der Waals surface area contributed by atoms with E-state index in [9.17, 15) is 14.4 Å². The molecular weight excluding hydrogens is 336 g/mol. The molecule has 2 heterocycles. The molecule has 1 amide bonds. The zero-order valence-electron chi connectivity index (χ0n) is 12.9. The van der Waals surface area contributed by atoms with E-state index < -0.39 is 24.5 Å². The first-order chi connectivity index (χ1) is 11.5. The number of aryl methyl sites for hydroxylation is 1. The van der Waals surface area contributed by atoms with Crippen LogP contribution in [0.1, 0.15) is 21.9 Å². The van der Waals surface area contributed by atoms with Crippen LogP contribution in [-0.4, -0.2) is 46.5 Å². The molecule has 0 aliphatic rings. The average Bonchev–Trinajstić information content (AvgIpc) is 3.00. The summed E-state index contributed by atoms with van der Waals surface area (Å²) in [4.78, 5) is 46.4. The molecule has 0 bridgehead atoms. The Hall–Kier alpha value is -2.88. The summed E-state index contributed by atoms with van der Waals surface area (Å²) in [6.45, 7) is 1.25. The molecule has 9 nitrogen and oxygen atoms in total. The molecule has 0 unspecified atom stereocenters. The lowest BCUT2D eigenvalue weighted by molar-refractivity contribution is -0.139. The van der Waals surface area contributed by atoms with Gasteiger partial charge in [0.25, 0.3) is 5.91 Å². The molecule has 0 spiro atoms. The topological polar surface area (TPSA) is 120 Å². The van der Waals surface area contributed by atoms with Crippen LogP contribution in [0.4, 0.5) is 5.13 Å². The van der Waals surface area contributed by atoms with Gasteiger partial charge in [0.2, 0.25) is 0 Å². The monoisotopic (exact) mass is 350 g/mol. The van der Waals surface area contributed by atoms with E-state index in [4.69, 9.17) is 4.74 Å². The summed E-state index contributed by atoms with van der Waals surface area (Å²) in [5.74, 6) is -1.73. The predicted octanol–water partition coefficient (Wildman–Crippen LogP) is 0.753. The lowest BCUT2D eigenvalue weighted by atomic mass is 10.3. The van der Waals surface area contributed by atoms with Gasteiger partial charge in [0, 0.05) is 11.6 Å². The van der Waals surface area contributed by atoms with Gasteiger partial charge in [-0.2, -0.15) is 0 Å². The van der Waals surface area contributed by atoms with Crippen molar-refractivity contribution in [3.8, 4) is 0 Å². The van der Waals surface area contributed by atoms with E-state index in [1.165, 1.54) is 19.5 Å². The minimum Gasteiger partial charge on any atom is -0.469 e. The van der Waals surface area contributed by atoms with Gasteiger partial charge >= 0.3 is 11.9 Å². The third-order valence-corrected chi connectivity index (χ3v) is 3.48. The maximum Gasteiger partial charge on any atom is 0.359 e. The Labute approximate surface area is 141 Å². The Bertz CT molecular complexity index is 744. The number of hydrogen-bond acceptors (Lipinski definition) is 9. The fourth-order valence-electron chi connectivity index (χ4n) is 1.52. The zero-order valence-corrected chi connectivity index (χ0v) is 13.8. The van der Waals surface area contributed by atoms with E-state index in [0.29, 0.717) is 16.5 Å². The first-order valence-corrected chi connectivity index (χ1v) is 7.62. The fraction of sp³-hybridized carbons (Fsp3) is 0.286. The molecule has 2 rings (SSSR count). The Kier molecular flexibility index (Phi) is 5.90. The number of nitrogens with zero attached hydrogens (tertiary/aromatic N) is 3. The molecule has 1 N–H and O–H groups in total. The molecule has 10 heteroatoms. The summed E-state index contributed by atoms with van der Waals surface area (Å²) >= 11 is 1.15. The van der Waals surface area contributed by atoms with E-state index in [1.807, 2.05) is 0 Å². The van der Waals surface area contributed by atoms with Crippen LogP contribution in [0.15, 0.2) is 17.8 Å². The number of hydrogen-bond donors (Lipinski definition) is 1. The van der Waals surface area contributed by atoms with Crippen molar-refractivity contribution in [2.75, 3.05) is 19.0 Å². The van der Waals surface area contributed by atoms with Gasteiger partial charge in [-0.3, -0.25) is 19.9 Å². The van der Waals surface area contributed by atoms with Crippen molar-refractivity contribution >= 4 is 34.3 Å². The predicted molar refractivity (Wildman–Crippen MR) is 83.5 cm³/mol. The minimum atomic E-state index is -0.747. The molecule has 2 aromatic rings. The van der Waals surface area contributed by atoms with Crippen molar-refractivity contribution in [2.24, 2.45) is 0 Å². The maximum atomic E-state index is 11.7. The normalized spacial score (nSPS) is 10.1. The van der Waals surface area contributed by atoms with Crippen LogP contribution in [0, 0.1) is 6.92 Å². The molecule has 0 atom stereocenters. The lowest BCUT2D eigenvalue weighted by Gasteiger charge is -2.04. The number of methoxy groups -OCH3 is 1.